The van der Waals surface area contributed by atoms with Gasteiger partial charge in [-0.1, -0.05) is 6.92 Å². The van der Waals surface area contributed by atoms with Crippen LogP contribution in [0, 0.1) is 0 Å². The van der Waals surface area contributed by atoms with Gasteiger partial charge in [0.25, 0.3) is 0 Å². The van der Waals surface area contributed by atoms with Crippen LogP contribution in [0.2, 0.25) is 0 Å². The SMILES string of the molecule is CCc1cnc(N2CCC(Oc3cc(N4CCc5cc(S(C)=O)ccc54)ncn3)CC2)nc1. The molecule has 0 saturated carbocycles. The predicted octanol–water partition coefficient (Wildman–Crippen LogP) is 3.31. The second-order valence-electron chi connectivity index (χ2n) is 8.41. The number of aromatic nitrogens is 4. The van der Waals surface area contributed by atoms with Gasteiger partial charge >= 0.3 is 0 Å². The standard InChI is InChI=1S/C24H28N6O2S/c1-3-17-14-25-24(26-15-17)29-9-7-19(8-10-29)32-23-13-22(27-16-28-23)30-11-6-18-12-20(33(2)31)4-5-21(18)30/h4-5,12-16,19H,3,6-11H2,1-2H3. The van der Waals surface area contributed by atoms with Gasteiger partial charge in [0.1, 0.15) is 18.2 Å². The van der Waals surface area contributed by atoms with E-state index in [2.05, 4.69) is 36.7 Å². The highest BCUT2D eigenvalue weighted by Gasteiger charge is 2.25. The summed E-state index contributed by atoms with van der Waals surface area (Å²) in [6.45, 7) is 4.65. The van der Waals surface area contributed by atoms with Crippen molar-refractivity contribution in [2.24, 2.45) is 0 Å². The third kappa shape index (κ3) is 4.68. The summed E-state index contributed by atoms with van der Waals surface area (Å²) in [4.78, 5) is 23.1. The van der Waals surface area contributed by atoms with E-state index in [0.29, 0.717) is 5.88 Å². The molecule has 1 saturated heterocycles. The largest absolute Gasteiger partial charge is 0.474 e. The minimum Gasteiger partial charge on any atom is -0.474 e. The third-order valence-corrected chi connectivity index (χ3v) is 7.21. The van der Waals surface area contributed by atoms with Crippen molar-refractivity contribution >= 4 is 28.3 Å². The summed E-state index contributed by atoms with van der Waals surface area (Å²) in [5.74, 6) is 2.21. The molecule has 4 heterocycles. The van der Waals surface area contributed by atoms with Crippen molar-refractivity contribution in [3.05, 3.63) is 54.1 Å². The minimum absolute atomic E-state index is 0.104. The molecule has 8 nitrogen and oxygen atoms in total. The van der Waals surface area contributed by atoms with Gasteiger partial charge in [0, 0.05) is 78.6 Å². The van der Waals surface area contributed by atoms with E-state index < -0.39 is 10.8 Å². The van der Waals surface area contributed by atoms with Gasteiger partial charge < -0.3 is 14.5 Å². The van der Waals surface area contributed by atoms with Crippen LogP contribution in [-0.2, 0) is 23.6 Å². The van der Waals surface area contributed by atoms with Crippen LogP contribution in [0.3, 0.4) is 0 Å². The summed E-state index contributed by atoms with van der Waals surface area (Å²) in [5, 5.41) is 0. The fourth-order valence-electron chi connectivity index (χ4n) is 4.38. The number of benzene rings is 1. The van der Waals surface area contributed by atoms with E-state index in [1.807, 2.05) is 36.7 Å². The third-order valence-electron chi connectivity index (χ3n) is 6.29. The maximum absolute atomic E-state index is 11.8. The molecule has 2 aromatic heterocycles. The second kappa shape index (κ2) is 9.43. The van der Waals surface area contributed by atoms with Crippen molar-refractivity contribution in [2.45, 2.75) is 43.6 Å². The van der Waals surface area contributed by atoms with E-state index in [1.54, 1.807) is 12.6 Å². The van der Waals surface area contributed by atoms with Gasteiger partial charge in [0.2, 0.25) is 11.8 Å². The van der Waals surface area contributed by atoms with Gasteiger partial charge in [0.15, 0.2) is 0 Å². The van der Waals surface area contributed by atoms with Crippen molar-refractivity contribution in [1.82, 2.24) is 19.9 Å². The van der Waals surface area contributed by atoms with Gasteiger partial charge in [-0.3, -0.25) is 4.21 Å². The molecule has 2 aliphatic rings. The first-order chi connectivity index (χ1) is 16.1. The molecule has 0 aliphatic carbocycles. The Hall–Kier alpha value is -3.07. The lowest BCUT2D eigenvalue weighted by atomic mass is 10.1. The Labute approximate surface area is 196 Å². The summed E-state index contributed by atoms with van der Waals surface area (Å²) in [6, 6.07) is 7.92. The van der Waals surface area contributed by atoms with Crippen molar-refractivity contribution in [2.75, 3.05) is 35.7 Å². The average Bonchev–Trinajstić information content (AvgIpc) is 3.28. The van der Waals surface area contributed by atoms with E-state index >= 15 is 0 Å². The van der Waals surface area contributed by atoms with Crippen LogP contribution in [0.5, 0.6) is 5.88 Å². The van der Waals surface area contributed by atoms with E-state index in [1.165, 1.54) is 5.56 Å². The Balaban J connectivity index is 1.23. The maximum Gasteiger partial charge on any atom is 0.225 e. The molecule has 172 valence electrons. The minimum atomic E-state index is -0.977. The number of hydrogen-bond donors (Lipinski definition) is 0. The van der Waals surface area contributed by atoms with Crippen LogP contribution in [-0.4, -0.2) is 56.1 Å². The van der Waals surface area contributed by atoms with E-state index in [9.17, 15) is 4.21 Å². The lowest BCUT2D eigenvalue weighted by molar-refractivity contribution is 0.163. The molecule has 2 aliphatic heterocycles. The molecule has 0 amide bonds. The topological polar surface area (TPSA) is 84.3 Å². The molecule has 1 fully saturated rings. The molecule has 1 aromatic carbocycles. The maximum atomic E-state index is 11.8. The Morgan fingerprint density at radius 2 is 1.85 bits per heavy atom. The first kappa shape index (κ1) is 21.8. The van der Waals surface area contributed by atoms with Gasteiger partial charge in [0.05, 0.1) is 0 Å². The number of nitrogens with zero attached hydrogens (tertiary/aromatic N) is 6. The first-order valence-electron chi connectivity index (χ1n) is 11.4. The number of ether oxygens (including phenoxy) is 1. The highest BCUT2D eigenvalue weighted by Crippen LogP contribution is 2.35. The van der Waals surface area contributed by atoms with Gasteiger partial charge in [-0.15, -0.1) is 0 Å². The lowest BCUT2D eigenvalue weighted by Gasteiger charge is -2.32. The molecule has 33 heavy (non-hydrogen) atoms. The molecule has 5 rings (SSSR count). The van der Waals surface area contributed by atoms with Gasteiger partial charge in [-0.05, 0) is 42.2 Å². The summed E-state index contributed by atoms with van der Waals surface area (Å²) in [6.07, 6.45) is 10.8. The summed E-state index contributed by atoms with van der Waals surface area (Å²) in [5.41, 5.74) is 3.46. The molecule has 0 spiro atoms. The fraction of sp³-hybridized carbons (Fsp3) is 0.417. The number of piperidine rings is 1. The zero-order valence-corrected chi connectivity index (χ0v) is 19.8. The smallest absolute Gasteiger partial charge is 0.225 e. The Kier molecular flexibility index (Phi) is 6.22. The summed E-state index contributed by atoms with van der Waals surface area (Å²) >= 11 is 0. The zero-order valence-electron chi connectivity index (χ0n) is 19.0. The second-order valence-corrected chi connectivity index (χ2v) is 9.79. The molecule has 1 atom stereocenters. The quantitative estimate of drug-likeness (QED) is 0.549. The molecule has 3 aromatic rings. The normalized spacial score (nSPS) is 17.2. The van der Waals surface area contributed by atoms with E-state index in [-0.39, 0.29) is 6.10 Å². The molecule has 9 heteroatoms. The highest BCUT2D eigenvalue weighted by molar-refractivity contribution is 7.84. The van der Waals surface area contributed by atoms with E-state index in [0.717, 1.165) is 73.2 Å². The number of anilines is 3. The molecular formula is C24H28N6O2S. The first-order valence-corrected chi connectivity index (χ1v) is 12.9. The monoisotopic (exact) mass is 464 g/mol. The van der Waals surface area contributed by atoms with Crippen LogP contribution in [0.4, 0.5) is 17.5 Å². The zero-order chi connectivity index (χ0) is 22.8. The molecule has 0 radical (unpaired) electrons. The number of hydrogen-bond acceptors (Lipinski definition) is 8. The van der Waals surface area contributed by atoms with Crippen molar-refractivity contribution in [1.29, 1.82) is 0 Å². The summed E-state index contributed by atoms with van der Waals surface area (Å²) < 4.78 is 18.0. The van der Waals surface area contributed by atoms with Crippen molar-refractivity contribution in [3.8, 4) is 5.88 Å². The van der Waals surface area contributed by atoms with Crippen LogP contribution < -0.4 is 14.5 Å². The average molecular weight is 465 g/mol. The Morgan fingerprint density at radius 3 is 2.58 bits per heavy atom. The Bertz CT molecular complexity index is 1150. The Morgan fingerprint density at radius 1 is 1.06 bits per heavy atom. The van der Waals surface area contributed by atoms with E-state index in [4.69, 9.17) is 4.74 Å². The van der Waals surface area contributed by atoms with Gasteiger partial charge in [-0.25, -0.2) is 19.9 Å². The number of aryl methyl sites for hydroxylation is 1. The lowest BCUT2D eigenvalue weighted by Crippen LogP contribution is -2.39. The van der Waals surface area contributed by atoms with Crippen LogP contribution in [0.25, 0.3) is 0 Å². The molecule has 0 N–H and O–H groups in total. The predicted molar refractivity (Wildman–Crippen MR) is 129 cm³/mol. The highest BCUT2D eigenvalue weighted by atomic mass is 32.2. The summed E-state index contributed by atoms with van der Waals surface area (Å²) in [7, 11) is -0.977. The fourth-order valence-corrected chi connectivity index (χ4v) is 4.94. The number of rotatable bonds is 6. The van der Waals surface area contributed by atoms with Crippen molar-refractivity contribution < 1.29 is 8.95 Å². The molecule has 0 bridgehead atoms. The van der Waals surface area contributed by atoms with Crippen LogP contribution in [0.15, 0.2) is 47.9 Å². The molecule has 1 unspecified atom stereocenters. The van der Waals surface area contributed by atoms with Gasteiger partial charge in [-0.2, -0.15) is 0 Å². The van der Waals surface area contributed by atoms with Crippen LogP contribution in [0.1, 0.15) is 30.9 Å². The van der Waals surface area contributed by atoms with Crippen LogP contribution >= 0.6 is 0 Å². The van der Waals surface area contributed by atoms with Crippen molar-refractivity contribution in [3.63, 3.8) is 0 Å². The molecular weight excluding hydrogens is 436 g/mol. The number of fused-ring (bicyclic) bond motifs is 1.